The van der Waals surface area contributed by atoms with Crippen LogP contribution in [0.1, 0.15) is 34.6 Å². The van der Waals surface area contributed by atoms with Crippen LogP contribution in [0.2, 0.25) is 0 Å². The summed E-state index contributed by atoms with van der Waals surface area (Å²) in [5, 5.41) is 0. The van der Waals surface area contributed by atoms with Crippen molar-refractivity contribution in [3.05, 3.63) is 0 Å². The molecule has 0 N–H and O–H groups in total. The van der Waals surface area contributed by atoms with E-state index < -0.39 is 0 Å². The molecule has 4 atom stereocenters. The second-order valence-corrected chi connectivity index (χ2v) is 4.12. The zero-order valence-electron chi connectivity index (χ0n) is 8.29. The maximum Gasteiger partial charge on any atom is 0.0578 e. The zero-order chi connectivity index (χ0) is 8.59. The molecule has 0 aromatic carbocycles. The third kappa shape index (κ3) is 1.58. The summed E-state index contributed by atoms with van der Waals surface area (Å²) < 4.78 is 5.78. The molecule has 1 heterocycles. The largest absolute Gasteiger partial charge is 0.375 e. The van der Waals surface area contributed by atoms with Crippen LogP contribution >= 0.6 is 0 Å². The molecule has 1 saturated heterocycles. The number of ether oxygens (including phenoxy) is 1. The minimum absolute atomic E-state index is 0.441. The van der Waals surface area contributed by atoms with Gasteiger partial charge >= 0.3 is 0 Å². The Kier molecular flexibility index (Phi) is 2.58. The van der Waals surface area contributed by atoms with Gasteiger partial charge in [-0.05, 0) is 31.6 Å². The van der Waals surface area contributed by atoms with E-state index in [0.717, 1.165) is 5.92 Å². The molecule has 66 valence electrons. The fourth-order valence-electron chi connectivity index (χ4n) is 1.92. The lowest BCUT2D eigenvalue weighted by Gasteiger charge is -2.41. The van der Waals surface area contributed by atoms with Crippen molar-refractivity contribution in [3.8, 4) is 0 Å². The molecule has 0 unspecified atom stereocenters. The first-order valence-electron chi connectivity index (χ1n) is 4.69. The molecule has 1 rings (SSSR count). The molecule has 0 spiro atoms. The van der Waals surface area contributed by atoms with Crippen LogP contribution in [0.5, 0.6) is 0 Å². The van der Waals surface area contributed by atoms with E-state index in [0.29, 0.717) is 24.0 Å². The Hall–Kier alpha value is -0.0400. The molecule has 0 aliphatic carbocycles. The average Bonchev–Trinajstić information content (AvgIpc) is 1.97. The van der Waals surface area contributed by atoms with Gasteiger partial charge in [-0.3, -0.25) is 0 Å². The summed E-state index contributed by atoms with van der Waals surface area (Å²) in [5.74, 6) is 2.22. The summed E-state index contributed by atoms with van der Waals surface area (Å²) in [7, 11) is 0. The van der Waals surface area contributed by atoms with Crippen LogP contribution < -0.4 is 0 Å². The van der Waals surface area contributed by atoms with Crippen LogP contribution in [-0.2, 0) is 4.74 Å². The molecule has 0 aromatic heterocycles. The molecule has 1 aliphatic heterocycles. The SMILES string of the molecule is CC1[C@@H](C)[C@H](C)O[C@@H](C)[C@@H]1C. The van der Waals surface area contributed by atoms with Crippen LogP contribution in [0.4, 0.5) is 0 Å². The van der Waals surface area contributed by atoms with Gasteiger partial charge in [0.05, 0.1) is 12.2 Å². The smallest absolute Gasteiger partial charge is 0.0578 e. The molecule has 0 radical (unpaired) electrons. The molecule has 0 saturated carbocycles. The molecule has 1 aliphatic rings. The lowest BCUT2D eigenvalue weighted by atomic mass is 9.77. The third-order valence-electron chi connectivity index (χ3n) is 3.57. The fourth-order valence-corrected chi connectivity index (χ4v) is 1.92. The van der Waals surface area contributed by atoms with E-state index >= 15 is 0 Å². The monoisotopic (exact) mass is 156 g/mol. The molecule has 0 aromatic rings. The molecule has 11 heavy (non-hydrogen) atoms. The van der Waals surface area contributed by atoms with Crippen LogP contribution in [0.15, 0.2) is 0 Å². The van der Waals surface area contributed by atoms with Crippen molar-refractivity contribution in [1.29, 1.82) is 0 Å². The standard InChI is InChI=1S/C10H20O/c1-6-7(2)9(4)11-10(5)8(6)3/h6-10H,1-5H3/t7-,8-,9+,10+/m1/s1. The van der Waals surface area contributed by atoms with Gasteiger partial charge in [-0.1, -0.05) is 20.8 Å². The molecule has 1 nitrogen and oxygen atoms in total. The molecule has 0 bridgehead atoms. The highest BCUT2D eigenvalue weighted by Crippen LogP contribution is 2.34. The number of rotatable bonds is 0. The van der Waals surface area contributed by atoms with Crippen molar-refractivity contribution in [2.75, 3.05) is 0 Å². The van der Waals surface area contributed by atoms with Crippen molar-refractivity contribution < 1.29 is 4.74 Å². The fraction of sp³-hybridized carbons (Fsp3) is 1.00. The van der Waals surface area contributed by atoms with Gasteiger partial charge in [0.15, 0.2) is 0 Å². The normalized spacial score (nSPS) is 52.6. The van der Waals surface area contributed by atoms with E-state index in [1.165, 1.54) is 0 Å². The maximum absolute atomic E-state index is 5.78. The first kappa shape index (κ1) is 9.05. The van der Waals surface area contributed by atoms with Gasteiger partial charge in [0.25, 0.3) is 0 Å². The van der Waals surface area contributed by atoms with Gasteiger partial charge in [-0.2, -0.15) is 0 Å². The average molecular weight is 156 g/mol. The minimum Gasteiger partial charge on any atom is -0.375 e. The molecule has 0 amide bonds. The van der Waals surface area contributed by atoms with Crippen LogP contribution in [0, 0.1) is 17.8 Å². The van der Waals surface area contributed by atoms with E-state index in [-0.39, 0.29) is 0 Å². The highest BCUT2D eigenvalue weighted by Gasteiger charge is 2.34. The Morgan fingerprint density at radius 1 is 0.636 bits per heavy atom. The van der Waals surface area contributed by atoms with Crippen molar-refractivity contribution in [2.45, 2.75) is 46.8 Å². The second kappa shape index (κ2) is 3.14. The third-order valence-corrected chi connectivity index (χ3v) is 3.57. The molecule has 1 fully saturated rings. The number of hydrogen-bond acceptors (Lipinski definition) is 1. The maximum atomic E-state index is 5.78. The van der Waals surface area contributed by atoms with Gasteiger partial charge in [-0.25, -0.2) is 0 Å². The lowest BCUT2D eigenvalue weighted by Crippen LogP contribution is -2.41. The molecule has 1 heteroatoms. The first-order valence-corrected chi connectivity index (χ1v) is 4.69. The van der Waals surface area contributed by atoms with Crippen molar-refractivity contribution in [1.82, 2.24) is 0 Å². The Bertz CT molecular complexity index is 119. The summed E-state index contributed by atoms with van der Waals surface area (Å²) >= 11 is 0. The highest BCUT2D eigenvalue weighted by molar-refractivity contribution is 4.81. The van der Waals surface area contributed by atoms with Crippen LogP contribution in [-0.4, -0.2) is 12.2 Å². The Labute approximate surface area is 70.1 Å². The second-order valence-electron chi connectivity index (χ2n) is 4.12. The van der Waals surface area contributed by atoms with Gasteiger partial charge in [0, 0.05) is 0 Å². The minimum atomic E-state index is 0.441. The Morgan fingerprint density at radius 2 is 1.00 bits per heavy atom. The summed E-state index contributed by atoms with van der Waals surface area (Å²) in [6, 6.07) is 0. The van der Waals surface area contributed by atoms with E-state index in [1.54, 1.807) is 0 Å². The lowest BCUT2D eigenvalue weighted by molar-refractivity contribution is -0.116. The van der Waals surface area contributed by atoms with Gasteiger partial charge in [0.1, 0.15) is 0 Å². The summed E-state index contributed by atoms with van der Waals surface area (Å²) in [6.45, 7) is 11.3. The van der Waals surface area contributed by atoms with E-state index in [1.807, 2.05) is 0 Å². The van der Waals surface area contributed by atoms with Crippen molar-refractivity contribution in [2.24, 2.45) is 17.8 Å². The van der Waals surface area contributed by atoms with E-state index in [9.17, 15) is 0 Å². The topological polar surface area (TPSA) is 9.23 Å². The van der Waals surface area contributed by atoms with Crippen molar-refractivity contribution in [3.63, 3.8) is 0 Å². The Morgan fingerprint density at radius 3 is 1.36 bits per heavy atom. The highest BCUT2D eigenvalue weighted by atomic mass is 16.5. The Balaban J connectivity index is 2.63. The summed E-state index contributed by atoms with van der Waals surface area (Å²) in [5.41, 5.74) is 0. The van der Waals surface area contributed by atoms with Gasteiger partial charge < -0.3 is 4.74 Å². The zero-order valence-corrected chi connectivity index (χ0v) is 8.29. The quantitative estimate of drug-likeness (QED) is 0.524. The molecular weight excluding hydrogens is 136 g/mol. The van der Waals surface area contributed by atoms with Gasteiger partial charge in [0.2, 0.25) is 0 Å². The van der Waals surface area contributed by atoms with E-state index in [4.69, 9.17) is 4.74 Å². The summed E-state index contributed by atoms with van der Waals surface area (Å²) in [6.07, 6.45) is 0.882. The van der Waals surface area contributed by atoms with Crippen LogP contribution in [0.25, 0.3) is 0 Å². The first-order chi connectivity index (χ1) is 5.04. The summed E-state index contributed by atoms with van der Waals surface area (Å²) in [4.78, 5) is 0. The molecular formula is C10H20O. The predicted molar refractivity (Wildman–Crippen MR) is 47.5 cm³/mol. The number of hydrogen-bond donors (Lipinski definition) is 0. The van der Waals surface area contributed by atoms with Crippen molar-refractivity contribution >= 4 is 0 Å². The van der Waals surface area contributed by atoms with Crippen LogP contribution in [0.3, 0.4) is 0 Å². The van der Waals surface area contributed by atoms with E-state index in [2.05, 4.69) is 34.6 Å². The predicted octanol–water partition coefficient (Wildman–Crippen LogP) is 2.70. The van der Waals surface area contributed by atoms with Gasteiger partial charge in [-0.15, -0.1) is 0 Å².